The molecule has 3 rings (SSSR count). The number of carbonyl (C=O) groups excluding carboxylic acids is 1. The second-order valence-corrected chi connectivity index (χ2v) is 9.00. The van der Waals surface area contributed by atoms with Gasteiger partial charge in [-0.05, 0) is 54.0 Å². The number of anilines is 1. The third kappa shape index (κ3) is 7.29. The summed E-state index contributed by atoms with van der Waals surface area (Å²) in [5.41, 5.74) is 2.53. The average Bonchev–Trinajstić information content (AvgIpc) is 2.78. The Morgan fingerprint density at radius 1 is 0.806 bits per heavy atom. The van der Waals surface area contributed by atoms with E-state index in [2.05, 4.69) is 15.4 Å². The van der Waals surface area contributed by atoms with Crippen molar-refractivity contribution in [3.63, 3.8) is 0 Å². The fourth-order valence-electron chi connectivity index (χ4n) is 2.83. The molecule has 0 radical (unpaired) electrons. The molecule has 0 saturated heterocycles. The van der Waals surface area contributed by atoms with Gasteiger partial charge in [-0.3, -0.25) is 4.79 Å². The van der Waals surface area contributed by atoms with Crippen molar-refractivity contribution in [1.82, 2.24) is 10.0 Å². The quantitative estimate of drug-likeness (QED) is 0.454. The van der Waals surface area contributed by atoms with E-state index in [4.69, 9.17) is 12.2 Å². The molecule has 0 aromatic heterocycles. The number of aryl methyl sites for hydroxylation is 1. The Morgan fingerprint density at radius 2 is 1.39 bits per heavy atom. The van der Waals surface area contributed by atoms with E-state index in [1.807, 2.05) is 60.7 Å². The number of hydrogen-bond donors (Lipinski definition) is 3. The van der Waals surface area contributed by atoms with E-state index in [0.717, 1.165) is 11.1 Å². The first-order chi connectivity index (χ1) is 14.9. The first-order valence-electron chi connectivity index (χ1n) is 9.71. The van der Waals surface area contributed by atoms with E-state index in [0.29, 0.717) is 18.5 Å². The molecule has 1 amide bonds. The maximum absolute atomic E-state index is 12.5. The molecular formula is C23H23N3O3S2. The number of rotatable bonds is 8. The highest BCUT2D eigenvalue weighted by atomic mass is 32.2. The first kappa shape index (κ1) is 22.6. The molecule has 3 N–H and O–H groups in total. The zero-order chi connectivity index (χ0) is 22.1. The van der Waals surface area contributed by atoms with Gasteiger partial charge in [-0.1, -0.05) is 60.7 Å². The van der Waals surface area contributed by atoms with Gasteiger partial charge in [0.25, 0.3) is 0 Å². The Morgan fingerprint density at radius 3 is 2.00 bits per heavy atom. The van der Waals surface area contributed by atoms with Crippen molar-refractivity contribution < 1.29 is 13.2 Å². The van der Waals surface area contributed by atoms with Crippen LogP contribution in [0.1, 0.15) is 17.5 Å². The molecule has 0 spiro atoms. The predicted molar refractivity (Wildman–Crippen MR) is 126 cm³/mol. The van der Waals surface area contributed by atoms with Crippen LogP contribution in [-0.4, -0.2) is 19.4 Å². The van der Waals surface area contributed by atoms with Crippen molar-refractivity contribution in [3.05, 3.63) is 96.1 Å². The lowest BCUT2D eigenvalue weighted by Gasteiger charge is -2.11. The molecule has 160 valence electrons. The van der Waals surface area contributed by atoms with Gasteiger partial charge in [-0.2, -0.15) is 0 Å². The van der Waals surface area contributed by atoms with E-state index in [1.54, 1.807) is 12.1 Å². The highest BCUT2D eigenvalue weighted by Crippen LogP contribution is 2.14. The van der Waals surface area contributed by atoms with Crippen molar-refractivity contribution in [1.29, 1.82) is 0 Å². The Bertz CT molecular complexity index is 1120. The van der Waals surface area contributed by atoms with Gasteiger partial charge >= 0.3 is 0 Å². The van der Waals surface area contributed by atoms with Gasteiger partial charge in [0.15, 0.2) is 5.11 Å². The standard InChI is InChI=1S/C23H23N3O3S2/c27-22(16-11-18-7-3-1-4-8-18)26-23(30)25-20-12-14-21(15-13-20)31(28,29)24-17-19-9-5-2-6-10-19/h1-10,12-15,24H,11,16-17H2,(H2,25,26,27,30). The minimum absolute atomic E-state index is 0.145. The summed E-state index contributed by atoms with van der Waals surface area (Å²) in [6, 6.07) is 25.2. The van der Waals surface area contributed by atoms with Crippen LogP contribution in [0.15, 0.2) is 89.8 Å². The normalized spacial score (nSPS) is 11.0. The van der Waals surface area contributed by atoms with E-state index >= 15 is 0 Å². The number of thiocarbonyl (C=S) groups is 1. The fourth-order valence-corrected chi connectivity index (χ4v) is 4.08. The largest absolute Gasteiger partial charge is 0.332 e. The van der Waals surface area contributed by atoms with Crippen molar-refractivity contribution in [2.75, 3.05) is 5.32 Å². The second kappa shape index (κ2) is 10.8. The molecule has 3 aromatic rings. The number of sulfonamides is 1. The van der Waals surface area contributed by atoms with Crippen LogP contribution in [0.4, 0.5) is 5.69 Å². The molecule has 0 aliphatic carbocycles. The highest BCUT2D eigenvalue weighted by Gasteiger charge is 2.14. The van der Waals surface area contributed by atoms with Crippen molar-refractivity contribution in [3.8, 4) is 0 Å². The van der Waals surface area contributed by atoms with Crippen LogP contribution in [0.5, 0.6) is 0 Å². The van der Waals surface area contributed by atoms with Gasteiger partial charge in [-0.15, -0.1) is 0 Å². The summed E-state index contributed by atoms with van der Waals surface area (Å²) in [4.78, 5) is 12.2. The van der Waals surface area contributed by atoms with E-state index in [9.17, 15) is 13.2 Å². The van der Waals surface area contributed by atoms with Crippen LogP contribution >= 0.6 is 12.2 Å². The minimum Gasteiger partial charge on any atom is -0.332 e. The summed E-state index contributed by atoms with van der Waals surface area (Å²) in [7, 11) is -3.64. The summed E-state index contributed by atoms with van der Waals surface area (Å²) in [5, 5.41) is 5.69. The molecule has 0 unspecified atom stereocenters. The van der Waals surface area contributed by atoms with E-state index in [1.165, 1.54) is 12.1 Å². The zero-order valence-corrected chi connectivity index (χ0v) is 18.4. The van der Waals surface area contributed by atoms with Gasteiger partial charge in [0.2, 0.25) is 15.9 Å². The average molecular weight is 454 g/mol. The van der Waals surface area contributed by atoms with Gasteiger partial charge in [-0.25, -0.2) is 13.1 Å². The third-order valence-corrected chi connectivity index (χ3v) is 6.09. The van der Waals surface area contributed by atoms with Crippen LogP contribution in [0.25, 0.3) is 0 Å². The van der Waals surface area contributed by atoms with Crippen LogP contribution in [-0.2, 0) is 27.8 Å². The lowest BCUT2D eigenvalue weighted by atomic mass is 10.1. The zero-order valence-electron chi connectivity index (χ0n) is 16.7. The van der Waals surface area contributed by atoms with E-state index in [-0.39, 0.29) is 22.5 Å². The maximum atomic E-state index is 12.5. The summed E-state index contributed by atoms with van der Waals surface area (Å²) < 4.78 is 27.5. The van der Waals surface area contributed by atoms with Crippen molar-refractivity contribution >= 4 is 38.9 Å². The molecule has 31 heavy (non-hydrogen) atoms. The summed E-state index contributed by atoms with van der Waals surface area (Å²) in [5.74, 6) is -0.189. The smallest absolute Gasteiger partial charge is 0.240 e. The Balaban J connectivity index is 1.48. The van der Waals surface area contributed by atoms with Crippen LogP contribution < -0.4 is 15.4 Å². The maximum Gasteiger partial charge on any atom is 0.240 e. The van der Waals surface area contributed by atoms with Crippen molar-refractivity contribution in [2.45, 2.75) is 24.3 Å². The number of benzene rings is 3. The lowest BCUT2D eigenvalue weighted by Crippen LogP contribution is -2.34. The van der Waals surface area contributed by atoms with Crippen LogP contribution in [0, 0.1) is 0 Å². The van der Waals surface area contributed by atoms with Gasteiger partial charge < -0.3 is 10.6 Å². The lowest BCUT2D eigenvalue weighted by molar-refractivity contribution is -0.119. The molecule has 0 atom stereocenters. The summed E-state index contributed by atoms with van der Waals surface area (Å²) in [6.07, 6.45) is 0.938. The highest BCUT2D eigenvalue weighted by molar-refractivity contribution is 7.89. The molecule has 0 saturated carbocycles. The molecule has 8 heteroatoms. The Kier molecular flexibility index (Phi) is 7.88. The number of hydrogen-bond acceptors (Lipinski definition) is 4. The predicted octanol–water partition coefficient (Wildman–Crippen LogP) is 3.61. The van der Waals surface area contributed by atoms with Crippen LogP contribution in [0.2, 0.25) is 0 Å². The SMILES string of the molecule is O=C(CCc1ccccc1)NC(=S)Nc1ccc(S(=O)(=O)NCc2ccccc2)cc1. The third-order valence-electron chi connectivity index (χ3n) is 4.47. The number of nitrogens with one attached hydrogen (secondary N) is 3. The topological polar surface area (TPSA) is 87.3 Å². The van der Waals surface area contributed by atoms with E-state index < -0.39 is 10.0 Å². The van der Waals surface area contributed by atoms with Gasteiger partial charge in [0.1, 0.15) is 0 Å². The van der Waals surface area contributed by atoms with Crippen LogP contribution in [0.3, 0.4) is 0 Å². The summed E-state index contributed by atoms with van der Waals surface area (Å²) >= 11 is 5.17. The molecule has 6 nitrogen and oxygen atoms in total. The molecule has 0 bridgehead atoms. The molecule has 0 aliphatic heterocycles. The second-order valence-electron chi connectivity index (χ2n) is 6.82. The number of amides is 1. The molecule has 0 heterocycles. The Hall–Kier alpha value is -3.07. The first-order valence-corrected chi connectivity index (χ1v) is 11.6. The van der Waals surface area contributed by atoms with Crippen molar-refractivity contribution in [2.24, 2.45) is 0 Å². The molecule has 0 aliphatic rings. The monoisotopic (exact) mass is 453 g/mol. The molecular weight excluding hydrogens is 430 g/mol. The number of carbonyl (C=O) groups is 1. The molecule has 0 fully saturated rings. The van der Waals surface area contributed by atoms with Gasteiger partial charge in [0.05, 0.1) is 4.90 Å². The Labute approximate surface area is 187 Å². The molecule has 3 aromatic carbocycles. The van der Waals surface area contributed by atoms with Gasteiger partial charge in [0, 0.05) is 18.7 Å². The fraction of sp³-hybridized carbons (Fsp3) is 0.130. The summed E-state index contributed by atoms with van der Waals surface area (Å²) in [6.45, 7) is 0.211. The minimum atomic E-state index is -3.64.